The molecule has 1 fully saturated rings. The molecule has 6 rings (SSSR count). The van der Waals surface area contributed by atoms with Crippen molar-refractivity contribution in [3.63, 3.8) is 0 Å². The van der Waals surface area contributed by atoms with Crippen LogP contribution in [0.5, 0.6) is 0 Å². The minimum Gasteiger partial charge on any atom is -0.479 e. The number of anilines is 1. The number of carboxylic acids is 1. The average molecular weight is 633 g/mol. The zero-order valence-electron chi connectivity index (χ0n) is 25.9. The fourth-order valence-electron chi connectivity index (χ4n) is 5.67. The second-order valence-electron chi connectivity index (χ2n) is 12.1. The number of halogens is 1. The highest BCUT2D eigenvalue weighted by atomic mass is 35.5. The number of pyridine rings is 1. The minimum absolute atomic E-state index is 0.604. The van der Waals surface area contributed by atoms with E-state index in [1.165, 1.54) is 11.3 Å². The van der Waals surface area contributed by atoms with E-state index < -0.39 is 17.7 Å². The lowest BCUT2D eigenvalue weighted by Gasteiger charge is -2.32. The molecule has 0 spiro atoms. The van der Waals surface area contributed by atoms with Gasteiger partial charge in [0.25, 0.3) is 0 Å². The molecule has 0 amide bonds. The number of aromatic nitrogens is 4. The normalized spacial score (nSPS) is 15.4. The Morgan fingerprint density at radius 2 is 1.80 bits per heavy atom. The Morgan fingerprint density at radius 1 is 1.09 bits per heavy atom. The number of nitrogens with zero attached hydrogens (tertiary/aromatic N) is 6. The van der Waals surface area contributed by atoms with Crippen LogP contribution in [0.15, 0.2) is 42.5 Å². The van der Waals surface area contributed by atoms with E-state index in [2.05, 4.69) is 16.8 Å². The third kappa shape index (κ3) is 5.67. The van der Waals surface area contributed by atoms with Crippen molar-refractivity contribution in [1.82, 2.24) is 24.6 Å². The highest BCUT2D eigenvalue weighted by Gasteiger charge is 2.33. The summed E-state index contributed by atoms with van der Waals surface area (Å²) in [6, 6.07) is 13.5. The van der Waals surface area contributed by atoms with Gasteiger partial charge in [-0.05, 0) is 75.7 Å². The maximum atomic E-state index is 12.8. The first kappa shape index (κ1) is 30.5. The van der Waals surface area contributed by atoms with Crippen molar-refractivity contribution in [3.05, 3.63) is 58.6 Å². The smallest absolute Gasteiger partial charge is 0.337 e. The molecule has 0 radical (unpaired) electrons. The van der Waals surface area contributed by atoms with E-state index in [0.29, 0.717) is 17.0 Å². The molecule has 1 atom stereocenters. The van der Waals surface area contributed by atoms with Crippen molar-refractivity contribution >= 4 is 56.0 Å². The second kappa shape index (κ2) is 11.7. The number of thiazole rings is 1. The third-order valence-electron chi connectivity index (χ3n) is 8.54. The van der Waals surface area contributed by atoms with E-state index in [-0.39, 0.29) is 0 Å². The number of likely N-dealkylation sites (N-methyl/N-ethyl adjacent to an activating group) is 1. The van der Waals surface area contributed by atoms with E-state index in [1.54, 1.807) is 0 Å². The van der Waals surface area contributed by atoms with Crippen LogP contribution in [0.1, 0.15) is 44.4 Å². The number of fused-ring (bicyclic) bond motifs is 2. The molecule has 4 heterocycles. The van der Waals surface area contributed by atoms with Gasteiger partial charge in [-0.25, -0.2) is 14.8 Å². The van der Waals surface area contributed by atoms with Crippen LogP contribution >= 0.6 is 22.9 Å². The summed E-state index contributed by atoms with van der Waals surface area (Å²) in [6.07, 6.45) is -0.501. The van der Waals surface area contributed by atoms with Crippen LogP contribution in [0.4, 0.5) is 5.82 Å². The van der Waals surface area contributed by atoms with Gasteiger partial charge in [0.15, 0.2) is 11.9 Å². The molecular formula is C33H37ClN6O3S. The molecule has 1 N–H and O–H groups in total. The summed E-state index contributed by atoms with van der Waals surface area (Å²) in [6.45, 7) is 11.5. The van der Waals surface area contributed by atoms with Gasteiger partial charge in [0, 0.05) is 49.4 Å². The van der Waals surface area contributed by atoms with Crippen LogP contribution < -0.4 is 4.90 Å². The number of rotatable bonds is 8. The Balaban J connectivity index is 1.53. The van der Waals surface area contributed by atoms with Gasteiger partial charge in [-0.15, -0.1) is 11.3 Å². The van der Waals surface area contributed by atoms with Crippen LogP contribution in [0.2, 0.25) is 5.02 Å². The first-order chi connectivity index (χ1) is 21.0. The summed E-state index contributed by atoms with van der Waals surface area (Å²) in [5.41, 5.74) is 5.78. The number of benzene rings is 2. The predicted molar refractivity (Wildman–Crippen MR) is 178 cm³/mol. The molecule has 1 unspecified atom stereocenters. The molecule has 0 aliphatic carbocycles. The lowest BCUT2D eigenvalue weighted by Crippen LogP contribution is -2.44. The number of aliphatic carboxylic acids is 1. The van der Waals surface area contributed by atoms with Crippen LogP contribution in [-0.2, 0) is 16.6 Å². The lowest BCUT2D eigenvalue weighted by atomic mass is 9.91. The molecular weight excluding hydrogens is 596 g/mol. The van der Waals surface area contributed by atoms with Gasteiger partial charge in [-0.1, -0.05) is 30.7 Å². The summed E-state index contributed by atoms with van der Waals surface area (Å²) < 4.78 is 9.06. The SMILES string of the molecule is CCC(C)(C)OC(C(=O)O)c1c(C)cc2nc(-c3ccc4c(n3)c(N3CCN(C)CC3)nn4C)sc2c1-c1ccc(Cl)cc1. The van der Waals surface area contributed by atoms with Gasteiger partial charge < -0.3 is 19.6 Å². The Hall–Kier alpha value is -3.57. The minimum atomic E-state index is -1.17. The molecule has 1 aliphatic heterocycles. The van der Waals surface area contributed by atoms with Gasteiger partial charge in [0.1, 0.15) is 10.5 Å². The highest BCUT2D eigenvalue weighted by molar-refractivity contribution is 7.22. The standard InChI is InChI=1S/C33H37ClN6O3S/c1-7-33(3,4)43-28(32(41)42)25-19(2)18-23-29(26(25)20-8-10-21(34)11-9-20)44-31(36-23)22-12-13-24-27(35-22)30(37-39(24)6)40-16-14-38(5)15-17-40/h8-13,18,28H,7,14-17H2,1-6H3,(H,41,42). The van der Waals surface area contributed by atoms with E-state index in [9.17, 15) is 9.90 Å². The Kier molecular flexibility index (Phi) is 8.13. The average Bonchev–Trinajstić information content (AvgIpc) is 3.57. The van der Waals surface area contributed by atoms with Crippen molar-refractivity contribution in [2.45, 2.75) is 45.8 Å². The van der Waals surface area contributed by atoms with E-state index >= 15 is 0 Å². The molecule has 0 bridgehead atoms. The van der Waals surface area contributed by atoms with E-state index in [4.69, 9.17) is 31.4 Å². The number of piperazine rings is 1. The Morgan fingerprint density at radius 3 is 2.45 bits per heavy atom. The molecule has 3 aromatic heterocycles. The first-order valence-electron chi connectivity index (χ1n) is 14.8. The quantitative estimate of drug-likeness (QED) is 0.196. The highest BCUT2D eigenvalue weighted by Crippen LogP contribution is 2.44. The zero-order valence-corrected chi connectivity index (χ0v) is 27.5. The number of carboxylic acid groups (broad SMARTS) is 1. The summed E-state index contributed by atoms with van der Waals surface area (Å²) in [4.78, 5) is 27.5. The summed E-state index contributed by atoms with van der Waals surface area (Å²) in [5.74, 6) is -0.146. The van der Waals surface area contributed by atoms with Crippen LogP contribution in [-0.4, -0.2) is 74.6 Å². The second-order valence-corrected chi connectivity index (χ2v) is 13.5. The van der Waals surface area contributed by atoms with Crippen molar-refractivity contribution in [2.24, 2.45) is 7.05 Å². The molecule has 1 saturated heterocycles. The van der Waals surface area contributed by atoms with Crippen molar-refractivity contribution in [3.8, 4) is 21.8 Å². The monoisotopic (exact) mass is 632 g/mol. The summed E-state index contributed by atoms with van der Waals surface area (Å²) in [5, 5.41) is 16.6. The van der Waals surface area contributed by atoms with Gasteiger partial charge in [-0.3, -0.25) is 4.68 Å². The van der Waals surface area contributed by atoms with Crippen molar-refractivity contribution in [1.29, 1.82) is 0 Å². The van der Waals surface area contributed by atoms with E-state index in [0.717, 1.165) is 80.6 Å². The van der Waals surface area contributed by atoms with Gasteiger partial charge >= 0.3 is 5.97 Å². The predicted octanol–water partition coefficient (Wildman–Crippen LogP) is 6.96. The first-order valence-corrected chi connectivity index (χ1v) is 16.0. The fourth-order valence-corrected chi connectivity index (χ4v) is 6.89. The molecule has 2 aromatic carbocycles. The Labute approximate surface area is 266 Å². The van der Waals surface area contributed by atoms with Gasteiger partial charge in [0.05, 0.1) is 27.0 Å². The molecule has 230 valence electrons. The number of hydrogen-bond donors (Lipinski definition) is 1. The van der Waals surface area contributed by atoms with Gasteiger partial charge in [0.2, 0.25) is 0 Å². The Bertz CT molecular complexity index is 1860. The van der Waals surface area contributed by atoms with Crippen LogP contribution in [0.3, 0.4) is 0 Å². The molecule has 11 heteroatoms. The fraction of sp³-hybridized carbons (Fsp3) is 0.394. The maximum Gasteiger partial charge on any atom is 0.337 e. The van der Waals surface area contributed by atoms with Crippen LogP contribution in [0.25, 0.3) is 43.1 Å². The maximum absolute atomic E-state index is 12.8. The van der Waals surface area contributed by atoms with E-state index in [1.807, 2.05) is 81.9 Å². The topological polar surface area (TPSA) is 96.6 Å². The summed E-state index contributed by atoms with van der Waals surface area (Å²) >= 11 is 7.77. The number of ether oxygens (including phenoxy) is 1. The molecule has 9 nitrogen and oxygen atoms in total. The molecule has 5 aromatic rings. The van der Waals surface area contributed by atoms with Crippen molar-refractivity contribution < 1.29 is 14.6 Å². The molecule has 0 saturated carbocycles. The number of hydrogen-bond acceptors (Lipinski definition) is 8. The lowest BCUT2D eigenvalue weighted by molar-refractivity contribution is -0.162. The van der Waals surface area contributed by atoms with Gasteiger partial charge in [-0.2, -0.15) is 5.10 Å². The molecule has 1 aliphatic rings. The molecule has 44 heavy (non-hydrogen) atoms. The van der Waals surface area contributed by atoms with Crippen LogP contribution in [0, 0.1) is 6.92 Å². The van der Waals surface area contributed by atoms with Crippen molar-refractivity contribution in [2.75, 3.05) is 38.1 Å². The summed E-state index contributed by atoms with van der Waals surface area (Å²) in [7, 11) is 4.09. The number of carbonyl (C=O) groups is 1. The zero-order chi connectivity index (χ0) is 31.3. The third-order valence-corrected chi connectivity index (χ3v) is 9.90. The number of aryl methyl sites for hydroxylation is 2. The largest absolute Gasteiger partial charge is 0.479 e.